The third kappa shape index (κ3) is 1.81. The molecule has 2 atom stereocenters. The van der Waals surface area contributed by atoms with Crippen molar-refractivity contribution in [1.82, 2.24) is 0 Å². The van der Waals surface area contributed by atoms with Gasteiger partial charge in [0.05, 0.1) is 12.5 Å². The summed E-state index contributed by atoms with van der Waals surface area (Å²) in [6.07, 6.45) is 5.05. The summed E-state index contributed by atoms with van der Waals surface area (Å²) in [5.41, 5.74) is 1.85. The van der Waals surface area contributed by atoms with Crippen LogP contribution >= 0.6 is 0 Å². The molecule has 1 saturated carbocycles. The zero-order valence-corrected chi connectivity index (χ0v) is 13.4. The first-order valence-electron chi connectivity index (χ1n) is 7.94. The number of fused-ring (bicyclic) bond motifs is 3. The Morgan fingerprint density at radius 1 is 1.27 bits per heavy atom. The fourth-order valence-electron chi connectivity index (χ4n) is 4.43. The number of esters is 1. The molecule has 0 amide bonds. The van der Waals surface area contributed by atoms with Gasteiger partial charge in [0.15, 0.2) is 5.78 Å². The largest absolute Gasteiger partial charge is 0.468 e. The van der Waals surface area contributed by atoms with Crippen LogP contribution in [-0.2, 0) is 14.9 Å². The number of ketones is 1. The van der Waals surface area contributed by atoms with Crippen molar-refractivity contribution in [2.24, 2.45) is 5.41 Å². The third-order valence-electron chi connectivity index (χ3n) is 5.63. The number of carbonyl (C=O) groups excluding carboxylic acids is 2. The lowest BCUT2D eigenvalue weighted by atomic mass is 9.53. The van der Waals surface area contributed by atoms with E-state index in [9.17, 15) is 9.59 Å². The van der Waals surface area contributed by atoms with Gasteiger partial charge in [-0.25, -0.2) is 0 Å². The maximum atomic E-state index is 12.6. The highest BCUT2D eigenvalue weighted by Crippen LogP contribution is 2.56. The quantitative estimate of drug-likeness (QED) is 0.780. The summed E-state index contributed by atoms with van der Waals surface area (Å²) in [7, 11) is 1.44. The van der Waals surface area contributed by atoms with Gasteiger partial charge in [0.1, 0.15) is 0 Å². The monoisotopic (exact) mass is 298 g/mol. The molecule has 0 heterocycles. The van der Waals surface area contributed by atoms with Crippen LogP contribution in [0.25, 0.3) is 0 Å². The summed E-state index contributed by atoms with van der Waals surface area (Å²) in [5, 5.41) is 0. The highest BCUT2D eigenvalue weighted by Gasteiger charge is 2.54. The molecule has 0 N–H and O–H groups in total. The highest BCUT2D eigenvalue weighted by molar-refractivity contribution is 6.09. The number of methoxy groups -OCH3 is 1. The normalized spacial score (nSPS) is 30.1. The van der Waals surface area contributed by atoms with Crippen LogP contribution in [0.1, 0.15) is 55.5 Å². The Balaban J connectivity index is 2.24. The van der Waals surface area contributed by atoms with Gasteiger partial charge < -0.3 is 4.74 Å². The van der Waals surface area contributed by atoms with Crippen molar-refractivity contribution in [1.29, 1.82) is 0 Å². The van der Waals surface area contributed by atoms with E-state index in [4.69, 9.17) is 4.74 Å². The van der Waals surface area contributed by atoms with Gasteiger partial charge in [0, 0.05) is 11.0 Å². The van der Waals surface area contributed by atoms with Gasteiger partial charge >= 0.3 is 5.97 Å². The van der Waals surface area contributed by atoms with E-state index in [2.05, 4.69) is 6.92 Å². The zero-order chi connectivity index (χ0) is 16.0. The number of ether oxygens (including phenoxy) is 1. The molecule has 0 bridgehead atoms. The van der Waals surface area contributed by atoms with Crippen LogP contribution in [0.2, 0.25) is 0 Å². The Bertz CT molecular complexity index is 673. The molecule has 116 valence electrons. The van der Waals surface area contributed by atoms with E-state index < -0.39 is 5.41 Å². The van der Waals surface area contributed by atoms with E-state index in [0.29, 0.717) is 6.42 Å². The number of allylic oxidation sites excluding steroid dienone is 1. The van der Waals surface area contributed by atoms with Crippen LogP contribution in [0.5, 0.6) is 0 Å². The summed E-state index contributed by atoms with van der Waals surface area (Å²) in [4.78, 5) is 25.1. The van der Waals surface area contributed by atoms with E-state index >= 15 is 0 Å². The fourth-order valence-corrected chi connectivity index (χ4v) is 4.43. The summed E-state index contributed by atoms with van der Waals surface area (Å²) in [5.74, 6) is -0.203. The van der Waals surface area contributed by atoms with E-state index in [1.165, 1.54) is 7.11 Å². The molecule has 1 aromatic rings. The second-order valence-electron chi connectivity index (χ2n) is 6.58. The molecule has 2 aliphatic carbocycles. The summed E-state index contributed by atoms with van der Waals surface area (Å²) in [6.45, 7) is 4.17. The number of hydrogen-bond acceptors (Lipinski definition) is 3. The maximum absolute atomic E-state index is 12.6. The molecule has 1 fully saturated rings. The lowest BCUT2D eigenvalue weighted by Gasteiger charge is -2.49. The Labute approximate surface area is 131 Å². The molecule has 3 rings (SSSR count). The molecule has 3 nitrogen and oxygen atoms in total. The van der Waals surface area contributed by atoms with Gasteiger partial charge in [-0.05, 0) is 36.5 Å². The standard InChI is InChI=1S/C19H22O3/c1-4-19(17(21)22-3)11-7-10-18(2)14-9-6-5-8-13(14)15(20)12-16(18)19/h5-6,8-9,12H,4,7,10-11H2,1-3H3/t18-,19+/m0/s1. The molecule has 3 heteroatoms. The number of carbonyl (C=O) groups is 2. The smallest absolute Gasteiger partial charge is 0.315 e. The molecule has 0 spiro atoms. The van der Waals surface area contributed by atoms with Gasteiger partial charge in [-0.2, -0.15) is 0 Å². The van der Waals surface area contributed by atoms with Crippen molar-refractivity contribution < 1.29 is 14.3 Å². The van der Waals surface area contributed by atoms with Gasteiger partial charge in [0.2, 0.25) is 0 Å². The lowest BCUT2D eigenvalue weighted by Crippen LogP contribution is -2.48. The molecule has 0 unspecified atom stereocenters. The Morgan fingerprint density at radius 2 is 2.00 bits per heavy atom. The molecule has 22 heavy (non-hydrogen) atoms. The molecule has 0 aromatic heterocycles. The summed E-state index contributed by atoms with van der Waals surface area (Å²) >= 11 is 0. The van der Waals surface area contributed by atoms with Crippen LogP contribution in [-0.4, -0.2) is 18.9 Å². The SMILES string of the molecule is CC[C@@]1(C(=O)OC)CCC[C@]2(C)C1=CC(=O)c1ccccc12. The second-order valence-corrected chi connectivity index (χ2v) is 6.58. The van der Waals surface area contributed by atoms with Crippen molar-refractivity contribution in [2.45, 2.75) is 44.9 Å². The van der Waals surface area contributed by atoms with Gasteiger partial charge in [-0.15, -0.1) is 0 Å². The van der Waals surface area contributed by atoms with Crippen LogP contribution < -0.4 is 0 Å². The average Bonchev–Trinajstić information content (AvgIpc) is 2.55. The van der Waals surface area contributed by atoms with Gasteiger partial charge in [0.25, 0.3) is 0 Å². The van der Waals surface area contributed by atoms with Gasteiger partial charge in [-0.1, -0.05) is 44.5 Å². The first-order chi connectivity index (χ1) is 10.5. The Hall–Kier alpha value is -1.90. The van der Waals surface area contributed by atoms with Crippen molar-refractivity contribution in [3.8, 4) is 0 Å². The lowest BCUT2D eigenvalue weighted by molar-refractivity contribution is -0.152. The van der Waals surface area contributed by atoms with Crippen molar-refractivity contribution in [3.63, 3.8) is 0 Å². The Morgan fingerprint density at radius 3 is 2.68 bits per heavy atom. The molecule has 2 aliphatic rings. The molecular formula is C19H22O3. The minimum Gasteiger partial charge on any atom is -0.468 e. The molecular weight excluding hydrogens is 276 g/mol. The minimum atomic E-state index is -0.662. The number of hydrogen-bond donors (Lipinski definition) is 0. The molecule has 0 radical (unpaired) electrons. The number of benzene rings is 1. The predicted octanol–water partition coefficient (Wildman–Crippen LogP) is 3.82. The predicted molar refractivity (Wildman–Crippen MR) is 84.8 cm³/mol. The summed E-state index contributed by atoms with van der Waals surface area (Å²) < 4.78 is 5.11. The van der Waals surface area contributed by atoms with Crippen molar-refractivity contribution in [3.05, 3.63) is 47.0 Å². The molecule has 1 aromatic carbocycles. The minimum absolute atomic E-state index is 0.00621. The first kappa shape index (κ1) is 15.0. The summed E-state index contributed by atoms with van der Waals surface area (Å²) in [6, 6.07) is 7.79. The van der Waals surface area contributed by atoms with Crippen molar-refractivity contribution >= 4 is 11.8 Å². The topological polar surface area (TPSA) is 43.4 Å². The van der Waals surface area contributed by atoms with Crippen LogP contribution in [0.3, 0.4) is 0 Å². The average molecular weight is 298 g/mol. The second kappa shape index (κ2) is 5.08. The highest BCUT2D eigenvalue weighted by atomic mass is 16.5. The van der Waals surface area contributed by atoms with Crippen LogP contribution in [0.4, 0.5) is 0 Å². The molecule has 0 saturated heterocycles. The Kier molecular flexibility index (Phi) is 3.47. The molecule has 0 aliphatic heterocycles. The van der Waals surface area contributed by atoms with E-state index in [0.717, 1.165) is 36.0 Å². The zero-order valence-electron chi connectivity index (χ0n) is 13.4. The van der Waals surface area contributed by atoms with Crippen LogP contribution in [0, 0.1) is 5.41 Å². The first-order valence-corrected chi connectivity index (χ1v) is 7.94. The van der Waals surface area contributed by atoms with E-state index in [1.54, 1.807) is 6.08 Å². The third-order valence-corrected chi connectivity index (χ3v) is 5.63. The maximum Gasteiger partial charge on any atom is 0.315 e. The van der Waals surface area contributed by atoms with Crippen LogP contribution in [0.15, 0.2) is 35.9 Å². The van der Waals surface area contributed by atoms with E-state index in [1.807, 2.05) is 31.2 Å². The fraction of sp³-hybridized carbons (Fsp3) is 0.474. The van der Waals surface area contributed by atoms with Gasteiger partial charge in [-0.3, -0.25) is 9.59 Å². The van der Waals surface area contributed by atoms with Crippen molar-refractivity contribution in [2.75, 3.05) is 7.11 Å². The number of rotatable bonds is 2. The van der Waals surface area contributed by atoms with E-state index in [-0.39, 0.29) is 17.2 Å².